The van der Waals surface area contributed by atoms with Crippen molar-refractivity contribution in [2.24, 2.45) is 5.92 Å². The van der Waals surface area contributed by atoms with Crippen molar-refractivity contribution in [3.63, 3.8) is 0 Å². The van der Waals surface area contributed by atoms with Gasteiger partial charge in [-0.05, 0) is 55.5 Å². The van der Waals surface area contributed by atoms with Crippen molar-refractivity contribution < 1.29 is 5.11 Å². The van der Waals surface area contributed by atoms with Gasteiger partial charge < -0.3 is 10.0 Å². The van der Waals surface area contributed by atoms with Crippen LogP contribution in [0.4, 0.5) is 0 Å². The molecule has 2 bridgehead atoms. The maximum Gasteiger partial charge on any atom is 0.115 e. The number of aromatic hydroxyl groups is 1. The molecule has 2 fully saturated rings. The highest BCUT2D eigenvalue weighted by Crippen LogP contribution is 2.56. The van der Waals surface area contributed by atoms with Gasteiger partial charge in [-0.25, -0.2) is 0 Å². The minimum Gasteiger partial charge on any atom is -0.508 e. The minimum atomic E-state index is 0.351. The first kappa shape index (κ1) is 10.9. The summed E-state index contributed by atoms with van der Waals surface area (Å²) >= 11 is 0. The van der Waals surface area contributed by atoms with Gasteiger partial charge in [0.2, 0.25) is 0 Å². The first-order valence-electron chi connectivity index (χ1n) is 7.23. The van der Waals surface area contributed by atoms with Crippen LogP contribution in [0.15, 0.2) is 18.2 Å². The molecule has 0 amide bonds. The van der Waals surface area contributed by atoms with Gasteiger partial charge in [-0.2, -0.15) is 0 Å². The van der Waals surface area contributed by atoms with Gasteiger partial charge in [0.05, 0.1) is 0 Å². The number of phenols is 1. The summed E-state index contributed by atoms with van der Waals surface area (Å²) in [7, 11) is 2.29. The molecule has 4 rings (SSSR count). The maximum atomic E-state index is 9.85. The Morgan fingerprint density at radius 1 is 1.33 bits per heavy atom. The Morgan fingerprint density at radius 3 is 3.11 bits per heavy atom. The SMILES string of the molecule is CN1C[C@]23CCCC[C@H]2C1Cc1ccc(O)cc13. The molecule has 3 aliphatic rings. The Balaban J connectivity index is 1.92. The lowest BCUT2D eigenvalue weighted by Crippen LogP contribution is -2.44. The normalized spacial score (nSPS) is 38.3. The van der Waals surface area contributed by atoms with Crippen LogP contribution in [-0.2, 0) is 11.8 Å². The van der Waals surface area contributed by atoms with Crippen molar-refractivity contribution in [1.29, 1.82) is 0 Å². The molecule has 1 N–H and O–H groups in total. The molecular formula is C16H21NO. The Bertz CT molecular complexity index is 498. The van der Waals surface area contributed by atoms with E-state index in [2.05, 4.69) is 24.1 Å². The van der Waals surface area contributed by atoms with E-state index in [0.717, 1.165) is 12.0 Å². The van der Waals surface area contributed by atoms with E-state index >= 15 is 0 Å². The van der Waals surface area contributed by atoms with Crippen LogP contribution in [0.1, 0.15) is 36.8 Å². The summed E-state index contributed by atoms with van der Waals surface area (Å²) in [6, 6.07) is 6.81. The first-order valence-corrected chi connectivity index (χ1v) is 7.23. The highest BCUT2D eigenvalue weighted by molar-refractivity contribution is 5.46. The van der Waals surface area contributed by atoms with Gasteiger partial charge in [0.25, 0.3) is 0 Å². The number of nitrogens with zero attached hydrogens (tertiary/aromatic N) is 1. The lowest BCUT2D eigenvalue weighted by Gasteiger charge is -2.45. The summed E-state index contributed by atoms with van der Waals surface area (Å²) in [6.45, 7) is 1.19. The van der Waals surface area contributed by atoms with Crippen molar-refractivity contribution in [1.82, 2.24) is 4.90 Å². The number of likely N-dealkylation sites (N-methyl/N-ethyl adjacent to an activating group) is 1. The molecule has 0 spiro atoms. The maximum absolute atomic E-state index is 9.85. The van der Waals surface area contributed by atoms with E-state index in [1.54, 1.807) is 0 Å². The van der Waals surface area contributed by atoms with Crippen LogP contribution in [0.5, 0.6) is 5.75 Å². The van der Waals surface area contributed by atoms with E-state index in [-0.39, 0.29) is 0 Å². The summed E-state index contributed by atoms with van der Waals surface area (Å²) in [5, 5.41) is 9.85. The van der Waals surface area contributed by atoms with E-state index in [1.165, 1.54) is 49.8 Å². The van der Waals surface area contributed by atoms with Crippen LogP contribution in [0.3, 0.4) is 0 Å². The highest BCUT2D eigenvalue weighted by Gasteiger charge is 2.56. The molecule has 3 atom stereocenters. The number of likely N-dealkylation sites (tertiary alicyclic amines) is 1. The van der Waals surface area contributed by atoms with Gasteiger partial charge in [-0.1, -0.05) is 18.9 Å². The van der Waals surface area contributed by atoms with Crippen molar-refractivity contribution in [3.05, 3.63) is 29.3 Å². The number of benzene rings is 1. The highest BCUT2D eigenvalue weighted by atomic mass is 16.3. The predicted molar refractivity (Wildman–Crippen MR) is 71.9 cm³/mol. The first-order chi connectivity index (χ1) is 8.71. The number of rotatable bonds is 0. The summed E-state index contributed by atoms with van der Waals surface area (Å²) in [4.78, 5) is 2.58. The lowest BCUT2D eigenvalue weighted by molar-refractivity contribution is 0.191. The molecule has 18 heavy (non-hydrogen) atoms. The summed E-state index contributed by atoms with van der Waals surface area (Å²) < 4.78 is 0. The van der Waals surface area contributed by atoms with E-state index in [0.29, 0.717) is 11.2 Å². The molecule has 1 aromatic rings. The summed E-state index contributed by atoms with van der Waals surface area (Å²) in [6.07, 6.45) is 6.62. The Morgan fingerprint density at radius 2 is 2.22 bits per heavy atom. The van der Waals surface area contributed by atoms with E-state index in [4.69, 9.17) is 0 Å². The minimum absolute atomic E-state index is 0.351. The van der Waals surface area contributed by atoms with Crippen LogP contribution in [0, 0.1) is 5.92 Å². The fourth-order valence-corrected chi connectivity index (χ4v) is 5.04. The number of hydrogen-bond donors (Lipinski definition) is 1. The Kier molecular flexibility index (Phi) is 2.12. The van der Waals surface area contributed by atoms with Crippen molar-refractivity contribution in [2.45, 2.75) is 43.6 Å². The zero-order valence-corrected chi connectivity index (χ0v) is 11.0. The summed E-state index contributed by atoms with van der Waals surface area (Å²) in [5.74, 6) is 1.27. The number of fused-ring (bicyclic) bond motifs is 1. The number of hydrogen-bond acceptors (Lipinski definition) is 2. The molecule has 1 heterocycles. The zero-order chi connectivity index (χ0) is 12.3. The van der Waals surface area contributed by atoms with Crippen molar-refractivity contribution in [2.75, 3.05) is 13.6 Å². The fraction of sp³-hybridized carbons (Fsp3) is 0.625. The molecule has 2 heteroatoms. The Labute approximate surface area is 109 Å². The monoisotopic (exact) mass is 243 g/mol. The molecule has 2 nitrogen and oxygen atoms in total. The zero-order valence-electron chi connectivity index (χ0n) is 11.0. The van der Waals surface area contributed by atoms with E-state index in [1.807, 2.05) is 6.07 Å². The second kappa shape index (κ2) is 3.51. The second-order valence-electron chi connectivity index (χ2n) is 6.54. The van der Waals surface area contributed by atoms with Gasteiger partial charge >= 0.3 is 0 Å². The van der Waals surface area contributed by atoms with Gasteiger partial charge in [0.15, 0.2) is 0 Å². The third-order valence-corrected chi connectivity index (χ3v) is 5.72. The van der Waals surface area contributed by atoms with Crippen LogP contribution in [0.25, 0.3) is 0 Å². The fourth-order valence-electron chi connectivity index (χ4n) is 5.04. The molecule has 1 aliphatic heterocycles. The average Bonchev–Trinajstić information content (AvgIpc) is 2.59. The molecular weight excluding hydrogens is 222 g/mol. The third-order valence-electron chi connectivity index (χ3n) is 5.72. The molecule has 0 radical (unpaired) electrons. The van der Waals surface area contributed by atoms with Crippen LogP contribution >= 0.6 is 0 Å². The van der Waals surface area contributed by atoms with E-state index < -0.39 is 0 Å². The lowest BCUT2D eigenvalue weighted by atomic mass is 9.58. The average molecular weight is 243 g/mol. The molecule has 1 saturated carbocycles. The van der Waals surface area contributed by atoms with Crippen molar-refractivity contribution in [3.8, 4) is 5.75 Å². The quantitative estimate of drug-likeness (QED) is 0.757. The van der Waals surface area contributed by atoms with Gasteiger partial charge in [0.1, 0.15) is 5.75 Å². The van der Waals surface area contributed by atoms with Gasteiger partial charge in [0, 0.05) is 18.0 Å². The molecule has 0 aromatic heterocycles. The molecule has 1 aromatic carbocycles. The largest absolute Gasteiger partial charge is 0.508 e. The van der Waals surface area contributed by atoms with Gasteiger partial charge in [-0.15, -0.1) is 0 Å². The van der Waals surface area contributed by atoms with E-state index in [9.17, 15) is 5.11 Å². The Hall–Kier alpha value is -1.02. The van der Waals surface area contributed by atoms with Crippen LogP contribution in [-0.4, -0.2) is 29.6 Å². The molecule has 96 valence electrons. The topological polar surface area (TPSA) is 23.5 Å². The molecule has 2 aliphatic carbocycles. The smallest absolute Gasteiger partial charge is 0.115 e. The predicted octanol–water partition coefficient (Wildman–Crippen LogP) is 2.69. The summed E-state index contributed by atoms with van der Waals surface area (Å²) in [5.41, 5.74) is 3.30. The van der Waals surface area contributed by atoms with Crippen LogP contribution < -0.4 is 0 Å². The van der Waals surface area contributed by atoms with Crippen LogP contribution in [0.2, 0.25) is 0 Å². The number of phenolic OH excluding ortho intramolecular Hbond substituents is 1. The molecule has 1 saturated heterocycles. The standard InChI is InChI=1S/C16H21NO/c1-17-10-16-7-3-2-4-13(16)15(17)8-11-5-6-12(18)9-14(11)16/h5-6,9,13,15,18H,2-4,7-8,10H2,1H3/t13-,15?,16+/m0/s1. The molecule has 1 unspecified atom stereocenters. The van der Waals surface area contributed by atoms with Crippen molar-refractivity contribution >= 4 is 0 Å². The van der Waals surface area contributed by atoms with Gasteiger partial charge in [-0.3, -0.25) is 0 Å². The second-order valence-corrected chi connectivity index (χ2v) is 6.54. The third kappa shape index (κ3) is 1.22.